The number of benzene rings is 2. The lowest BCUT2D eigenvalue weighted by molar-refractivity contribution is -0.144. The van der Waals surface area contributed by atoms with Crippen molar-refractivity contribution >= 4 is 18.0 Å². The van der Waals surface area contributed by atoms with Gasteiger partial charge in [0.1, 0.15) is 0 Å². The van der Waals surface area contributed by atoms with Crippen molar-refractivity contribution in [1.29, 1.82) is 0 Å². The maximum atomic E-state index is 12.2. The molecule has 2 aromatic rings. The van der Waals surface area contributed by atoms with Gasteiger partial charge in [-0.2, -0.15) is 0 Å². The molecular weight excluding hydrogens is 382 g/mol. The van der Waals surface area contributed by atoms with Crippen LogP contribution >= 0.6 is 0 Å². The molecule has 0 saturated carbocycles. The zero-order chi connectivity index (χ0) is 21.5. The van der Waals surface area contributed by atoms with Gasteiger partial charge in [0.15, 0.2) is 18.1 Å². The maximum absolute atomic E-state index is 12.2. The largest absolute Gasteiger partial charge is 0.504 e. The van der Waals surface area contributed by atoms with E-state index in [0.29, 0.717) is 11.3 Å². The highest BCUT2D eigenvalue weighted by molar-refractivity contribution is 5.89. The minimum Gasteiger partial charge on any atom is -0.504 e. The van der Waals surface area contributed by atoms with E-state index in [-0.39, 0.29) is 24.3 Å². The Labute approximate surface area is 176 Å². The molecule has 0 radical (unpaired) electrons. The van der Waals surface area contributed by atoms with Crippen molar-refractivity contribution in [3.8, 4) is 11.5 Å². The normalized spacial score (nSPS) is 14.1. The molecule has 0 bridgehead atoms. The van der Waals surface area contributed by atoms with Crippen LogP contribution < -0.4 is 10.1 Å². The van der Waals surface area contributed by atoms with Crippen molar-refractivity contribution in [2.24, 2.45) is 0 Å². The maximum Gasteiger partial charge on any atom is 0.331 e. The molecule has 0 heterocycles. The molecule has 3 rings (SSSR count). The Balaban J connectivity index is 1.48. The van der Waals surface area contributed by atoms with Gasteiger partial charge in [-0.25, -0.2) is 4.79 Å². The molecular formula is C24H27NO5. The minimum absolute atomic E-state index is 0.0157. The highest BCUT2D eigenvalue weighted by atomic mass is 16.5. The predicted molar refractivity (Wildman–Crippen MR) is 114 cm³/mol. The SMILES string of the molecule is COc1cc(/C=C/C(=O)OCC(=O)N[C@@H](C)c2ccc3c(c2)CCCC3)ccc1O. The first-order valence-corrected chi connectivity index (χ1v) is 10.1. The molecule has 0 fully saturated rings. The number of nitrogens with one attached hydrogen (secondary N) is 1. The second kappa shape index (κ2) is 9.96. The molecule has 6 heteroatoms. The van der Waals surface area contributed by atoms with Crippen LogP contribution in [0.3, 0.4) is 0 Å². The van der Waals surface area contributed by atoms with Crippen molar-refractivity contribution in [1.82, 2.24) is 5.32 Å². The van der Waals surface area contributed by atoms with Crippen LogP contribution in [-0.2, 0) is 27.2 Å². The summed E-state index contributed by atoms with van der Waals surface area (Å²) >= 11 is 0. The van der Waals surface area contributed by atoms with E-state index < -0.39 is 5.97 Å². The number of carbonyl (C=O) groups excluding carboxylic acids is 2. The van der Waals surface area contributed by atoms with Gasteiger partial charge < -0.3 is 19.9 Å². The van der Waals surface area contributed by atoms with E-state index >= 15 is 0 Å². The molecule has 30 heavy (non-hydrogen) atoms. The van der Waals surface area contributed by atoms with Gasteiger partial charge in [-0.15, -0.1) is 0 Å². The number of hydrogen-bond donors (Lipinski definition) is 2. The van der Waals surface area contributed by atoms with Crippen molar-refractivity contribution < 1.29 is 24.2 Å². The summed E-state index contributed by atoms with van der Waals surface area (Å²) in [5.41, 5.74) is 4.47. The standard InChI is InChI=1S/C24H27NO5/c1-16(19-10-9-18-5-3-4-6-20(18)14-19)25-23(27)15-30-24(28)12-8-17-7-11-21(26)22(13-17)29-2/h7-14,16,26H,3-6,15H2,1-2H3,(H,25,27)/b12-8+/t16-/m0/s1. The highest BCUT2D eigenvalue weighted by Gasteiger charge is 2.15. The highest BCUT2D eigenvalue weighted by Crippen LogP contribution is 2.27. The monoisotopic (exact) mass is 409 g/mol. The number of rotatable bonds is 7. The number of carbonyl (C=O) groups is 2. The first kappa shape index (κ1) is 21.4. The van der Waals surface area contributed by atoms with E-state index in [9.17, 15) is 14.7 Å². The number of aryl methyl sites for hydroxylation is 2. The Morgan fingerprint density at radius 2 is 1.90 bits per heavy atom. The van der Waals surface area contributed by atoms with Crippen LogP contribution in [0.5, 0.6) is 11.5 Å². The third kappa shape index (κ3) is 5.63. The molecule has 0 aromatic heterocycles. The molecule has 158 valence electrons. The van der Waals surface area contributed by atoms with Gasteiger partial charge in [-0.05, 0) is 73.1 Å². The molecule has 1 aliphatic rings. The van der Waals surface area contributed by atoms with Gasteiger partial charge in [0.2, 0.25) is 0 Å². The average Bonchev–Trinajstić information content (AvgIpc) is 2.76. The van der Waals surface area contributed by atoms with E-state index in [1.165, 1.54) is 49.3 Å². The van der Waals surface area contributed by atoms with Crippen LogP contribution in [0.2, 0.25) is 0 Å². The molecule has 2 aromatic carbocycles. The van der Waals surface area contributed by atoms with Crippen molar-refractivity contribution in [3.63, 3.8) is 0 Å². The number of methoxy groups -OCH3 is 1. The Bertz CT molecular complexity index is 951. The van der Waals surface area contributed by atoms with E-state index in [2.05, 4.69) is 23.5 Å². The number of amides is 1. The molecule has 1 aliphatic carbocycles. The van der Waals surface area contributed by atoms with Crippen LogP contribution in [-0.4, -0.2) is 30.7 Å². The summed E-state index contributed by atoms with van der Waals surface area (Å²) in [6.07, 6.45) is 7.40. The lowest BCUT2D eigenvalue weighted by Crippen LogP contribution is -2.31. The smallest absolute Gasteiger partial charge is 0.331 e. The quantitative estimate of drug-likeness (QED) is 0.538. The Hall–Kier alpha value is -3.28. The van der Waals surface area contributed by atoms with Crippen LogP contribution in [0, 0.1) is 0 Å². The molecule has 0 unspecified atom stereocenters. The summed E-state index contributed by atoms with van der Waals surface area (Å²) in [4.78, 5) is 24.0. The molecule has 1 amide bonds. The van der Waals surface area contributed by atoms with Crippen LogP contribution in [0.1, 0.15) is 48.1 Å². The topological polar surface area (TPSA) is 84.9 Å². The first-order chi connectivity index (χ1) is 14.5. The second-order valence-electron chi connectivity index (χ2n) is 7.40. The molecule has 0 aliphatic heterocycles. The van der Waals surface area contributed by atoms with Crippen molar-refractivity contribution in [2.45, 2.75) is 38.6 Å². The number of esters is 1. The Morgan fingerprint density at radius 3 is 2.67 bits per heavy atom. The number of fused-ring (bicyclic) bond motifs is 1. The summed E-state index contributed by atoms with van der Waals surface area (Å²) in [7, 11) is 1.45. The van der Waals surface area contributed by atoms with E-state index in [4.69, 9.17) is 9.47 Å². The zero-order valence-corrected chi connectivity index (χ0v) is 17.3. The fourth-order valence-electron chi connectivity index (χ4n) is 3.54. The van der Waals surface area contributed by atoms with Crippen molar-refractivity contribution in [2.75, 3.05) is 13.7 Å². The molecule has 0 spiro atoms. The van der Waals surface area contributed by atoms with Crippen molar-refractivity contribution in [3.05, 3.63) is 64.7 Å². The van der Waals surface area contributed by atoms with E-state index in [0.717, 1.165) is 18.4 Å². The fourth-order valence-corrected chi connectivity index (χ4v) is 3.54. The average molecular weight is 409 g/mol. The summed E-state index contributed by atoms with van der Waals surface area (Å²) in [6, 6.07) is 10.9. The van der Waals surface area contributed by atoms with E-state index in [1.807, 2.05) is 6.92 Å². The summed E-state index contributed by atoms with van der Waals surface area (Å²) in [5, 5.41) is 12.5. The van der Waals surface area contributed by atoms with Gasteiger partial charge in [0.05, 0.1) is 13.2 Å². The number of ether oxygens (including phenoxy) is 2. The van der Waals surface area contributed by atoms with Crippen LogP contribution in [0.25, 0.3) is 6.08 Å². The van der Waals surface area contributed by atoms with Crippen LogP contribution in [0.15, 0.2) is 42.5 Å². The Morgan fingerprint density at radius 1 is 1.13 bits per heavy atom. The lowest BCUT2D eigenvalue weighted by Gasteiger charge is -2.20. The van der Waals surface area contributed by atoms with Gasteiger partial charge in [-0.1, -0.05) is 24.3 Å². The van der Waals surface area contributed by atoms with Crippen LogP contribution in [0.4, 0.5) is 0 Å². The second-order valence-corrected chi connectivity index (χ2v) is 7.40. The predicted octanol–water partition coefficient (Wildman–Crippen LogP) is 3.71. The molecule has 6 nitrogen and oxygen atoms in total. The minimum atomic E-state index is -0.626. The van der Waals surface area contributed by atoms with Gasteiger partial charge >= 0.3 is 5.97 Å². The first-order valence-electron chi connectivity index (χ1n) is 10.1. The lowest BCUT2D eigenvalue weighted by atomic mass is 9.89. The van der Waals surface area contributed by atoms with Gasteiger partial charge in [-0.3, -0.25) is 4.79 Å². The Kier molecular flexibility index (Phi) is 7.12. The number of phenolic OH excluding ortho intramolecular Hbond substituents is 1. The number of aromatic hydroxyl groups is 1. The van der Waals surface area contributed by atoms with Gasteiger partial charge in [0.25, 0.3) is 5.91 Å². The third-order valence-corrected chi connectivity index (χ3v) is 5.21. The summed E-state index contributed by atoms with van der Waals surface area (Å²) < 4.78 is 10.0. The number of hydrogen-bond acceptors (Lipinski definition) is 5. The third-order valence-electron chi connectivity index (χ3n) is 5.21. The zero-order valence-electron chi connectivity index (χ0n) is 17.3. The summed E-state index contributed by atoms with van der Waals surface area (Å²) in [5.74, 6) is -0.657. The van der Waals surface area contributed by atoms with E-state index in [1.54, 1.807) is 12.1 Å². The molecule has 0 saturated heterocycles. The molecule has 2 N–H and O–H groups in total. The number of phenols is 1. The fraction of sp³-hybridized carbons (Fsp3) is 0.333. The molecule has 1 atom stereocenters. The van der Waals surface area contributed by atoms with Gasteiger partial charge in [0, 0.05) is 6.08 Å². The summed E-state index contributed by atoms with van der Waals surface area (Å²) in [6.45, 7) is 1.57.